The molecule has 0 bridgehead atoms. The highest BCUT2D eigenvalue weighted by Crippen LogP contribution is 2.39. The average Bonchev–Trinajstić information content (AvgIpc) is 3.55. The zero-order valence-electron chi connectivity index (χ0n) is 17.9. The standard InChI is InChI=1S/C22H21N7O2S2/c1-2-31-14-9-7-13(8-10-14)25-17(30)11-32-22-27-26-21-28(22)20-18(19-23-12-24-29(19)21)15-5-3-4-6-16(15)33-20/h7-10,12H,2-6,11H2,1H3,(H,25,30). The molecule has 0 unspecified atom stereocenters. The molecule has 0 saturated heterocycles. The number of anilines is 1. The second kappa shape index (κ2) is 8.31. The molecular weight excluding hydrogens is 458 g/mol. The molecular formula is C22H21N7O2S2. The number of hydrogen-bond acceptors (Lipinski definition) is 8. The Morgan fingerprint density at radius 3 is 2.91 bits per heavy atom. The van der Waals surface area contributed by atoms with Gasteiger partial charge in [0.25, 0.3) is 5.78 Å². The third-order valence-corrected chi connectivity index (χ3v) is 7.92. The summed E-state index contributed by atoms with van der Waals surface area (Å²) in [5, 5.41) is 17.9. The van der Waals surface area contributed by atoms with E-state index in [-0.39, 0.29) is 11.7 Å². The van der Waals surface area contributed by atoms with E-state index in [0.29, 0.717) is 17.5 Å². The van der Waals surface area contributed by atoms with Crippen LogP contribution in [0, 0.1) is 0 Å². The topological polar surface area (TPSA) is 98.7 Å². The van der Waals surface area contributed by atoms with Crippen molar-refractivity contribution in [1.29, 1.82) is 0 Å². The van der Waals surface area contributed by atoms with Crippen molar-refractivity contribution in [2.75, 3.05) is 17.7 Å². The number of aryl methyl sites for hydroxylation is 2. The summed E-state index contributed by atoms with van der Waals surface area (Å²) >= 11 is 3.15. The fourth-order valence-corrected chi connectivity index (χ4v) is 6.47. The summed E-state index contributed by atoms with van der Waals surface area (Å²) in [6.45, 7) is 2.55. The first-order valence-electron chi connectivity index (χ1n) is 10.9. The van der Waals surface area contributed by atoms with Crippen molar-refractivity contribution < 1.29 is 9.53 Å². The zero-order valence-corrected chi connectivity index (χ0v) is 19.6. The summed E-state index contributed by atoms with van der Waals surface area (Å²) in [5.41, 5.74) is 2.93. The van der Waals surface area contributed by atoms with Crippen LogP contribution in [0.25, 0.3) is 21.6 Å². The number of nitrogens with zero attached hydrogens (tertiary/aromatic N) is 6. The normalized spacial score (nSPS) is 13.6. The molecule has 4 aromatic heterocycles. The third kappa shape index (κ3) is 3.51. The second-order valence-corrected chi connectivity index (χ2v) is 9.82. The van der Waals surface area contributed by atoms with Crippen LogP contribution in [-0.2, 0) is 17.6 Å². The predicted molar refractivity (Wildman–Crippen MR) is 129 cm³/mol. The highest BCUT2D eigenvalue weighted by Gasteiger charge is 2.24. The molecule has 0 spiro atoms. The summed E-state index contributed by atoms with van der Waals surface area (Å²) in [6.07, 6.45) is 6.10. The van der Waals surface area contributed by atoms with E-state index in [9.17, 15) is 4.79 Å². The van der Waals surface area contributed by atoms with Crippen LogP contribution in [0.15, 0.2) is 35.7 Å². The van der Waals surface area contributed by atoms with Crippen molar-refractivity contribution in [3.63, 3.8) is 0 Å². The Morgan fingerprint density at radius 2 is 2.06 bits per heavy atom. The third-order valence-electron chi connectivity index (χ3n) is 5.71. The molecule has 1 aromatic carbocycles. The van der Waals surface area contributed by atoms with Gasteiger partial charge in [0.1, 0.15) is 16.9 Å². The minimum absolute atomic E-state index is 0.107. The lowest BCUT2D eigenvalue weighted by Crippen LogP contribution is -2.14. The number of aromatic nitrogens is 6. The smallest absolute Gasteiger partial charge is 0.260 e. The van der Waals surface area contributed by atoms with Gasteiger partial charge in [0.05, 0.1) is 17.7 Å². The van der Waals surface area contributed by atoms with Gasteiger partial charge in [0, 0.05) is 10.6 Å². The van der Waals surface area contributed by atoms with Crippen molar-refractivity contribution in [2.24, 2.45) is 0 Å². The Morgan fingerprint density at radius 1 is 1.21 bits per heavy atom. The van der Waals surface area contributed by atoms with Gasteiger partial charge in [-0.3, -0.25) is 4.79 Å². The molecule has 0 atom stereocenters. The molecule has 1 N–H and O–H groups in total. The molecule has 1 aliphatic carbocycles. The Labute approximate surface area is 197 Å². The first-order chi connectivity index (χ1) is 16.2. The first-order valence-corrected chi connectivity index (χ1v) is 12.7. The van der Waals surface area contributed by atoms with Gasteiger partial charge in [0.2, 0.25) is 5.91 Å². The Kier molecular flexibility index (Phi) is 5.14. The number of thioether (sulfide) groups is 1. The monoisotopic (exact) mass is 479 g/mol. The molecule has 0 aliphatic heterocycles. The number of thiophene rings is 1. The molecule has 168 valence electrons. The van der Waals surface area contributed by atoms with Crippen molar-refractivity contribution in [3.8, 4) is 5.75 Å². The zero-order chi connectivity index (χ0) is 22.4. The van der Waals surface area contributed by atoms with Crippen molar-refractivity contribution in [2.45, 2.75) is 37.8 Å². The van der Waals surface area contributed by atoms with E-state index in [4.69, 9.17) is 4.74 Å². The quantitative estimate of drug-likeness (QED) is 0.368. The Hall–Kier alpha value is -3.18. The van der Waals surface area contributed by atoms with Crippen LogP contribution in [0.3, 0.4) is 0 Å². The Balaban J connectivity index is 1.31. The van der Waals surface area contributed by atoms with Crippen molar-refractivity contribution in [3.05, 3.63) is 41.0 Å². The molecule has 0 fully saturated rings. The molecule has 6 rings (SSSR count). The summed E-state index contributed by atoms with van der Waals surface area (Å²) in [4.78, 5) is 19.6. The summed E-state index contributed by atoms with van der Waals surface area (Å²) in [5.74, 6) is 1.50. The molecule has 9 nitrogen and oxygen atoms in total. The maximum Gasteiger partial charge on any atom is 0.260 e. The molecule has 33 heavy (non-hydrogen) atoms. The number of carbonyl (C=O) groups excluding carboxylic acids is 1. The fourth-order valence-electron chi connectivity index (χ4n) is 4.30. The predicted octanol–water partition coefficient (Wildman–Crippen LogP) is 4.00. The van der Waals surface area contributed by atoms with Gasteiger partial charge < -0.3 is 10.1 Å². The average molecular weight is 480 g/mol. The minimum Gasteiger partial charge on any atom is -0.494 e. The maximum absolute atomic E-state index is 12.6. The molecule has 5 aromatic rings. The van der Waals surface area contributed by atoms with Gasteiger partial charge in [-0.05, 0) is 62.4 Å². The van der Waals surface area contributed by atoms with Crippen molar-refractivity contribution in [1.82, 2.24) is 29.2 Å². The van der Waals surface area contributed by atoms with Crippen LogP contribution in [0.2, 0.25) is 0 Å². The van der Waals surface area contributed by atoms with Gasteiger partial charge in [-0.2, -0.15) is 9.61 Å². The van der Waals surface area contributed by atoms with Crippen LogP contribution in [0.4, 0.5) is 5.69 Å². The van der Waals surface area contributed by atoms with Crippen LogP contribution in [-0.4, -0.2) is 47.5 Å². The summed E-state index contributed by atoms with van der Waals surface area (Å²) in [7, 11) is 0. The fraction of sp³-hybridized carbons (Fsp3) is 0.318. The SMILES string of the molecule is CCOc1ccc(NC(=O)CSc2nnc3n4ncnc4c4c5c(sc4n23)CCCC5)cc1. The van der Waals surface area contributed by atoms with Crippen LogP contribution < -0.4 is 10.1 Å². The summed E-state index contributed by atoms with van der Waals surface area (Å²) < 4.78 is 9.22. The van der Waals surface area contributed by atoms with E-state index in [2.05, 4.69) is 25.6 Å². The largest absolute Gasteiger partial charge is 0.494 e. The van der Waals surface area contributed by atoms with E-state index < -0.39 is 0 Å². The molecule has 1 amide bonds. The van der Waals surface area contributed by atoms with E-state index in [0.717, 1.165) is 40.1 Å². The first kappa shape index (κ1) is 20.4. The number of nitrogens with one attached hydrogen (secondary N) is 1. The number of ether oxygens (including phenoxy) is 1. The van der Waals surface area contributed by atoms with Gasteiger partial charge in [0.15, 0.2) is 10.8 Å². The van der Waals surface area contributed by atoms with Crippen LogP contribution in [0.1, 0.15) is 30.2 Å². The lowest BCUT2D eigenvalue weighted by Gasteiger charge is -2.10. The minimum atomic E-state index is -0.107. The number of fused-ring (bicyclic) bond motifs is 8. The molecule has 11 heteroatoms. The van der Waals surface area contributed by atoms with E-state index in [1.54, 1.807) is 22.2 Å². The highest BCUT2D eigenvalue weighted by atomic mass is 32.2. The molecule has 0 saturated carbocycles. The number of benzene rings is 1. The maximum atomic E-state index is 12.6. The Bertz CT molecular complexity index is 1490. The van der Waals surface area contributed by atoms with Gasteiger partial charge in [-0.25, -0.2) is 9.38 Å². The van der Waals surface area contributed by atoms with Gasteiger partial charge in [-0.15, -0.1) is 21.5 Å². The van der Waals surface area contributed by atoms with E-state index in [1.807, 2.05) is 35.6 Å². The number of carbonyl (C=O) groups is 1. The van der Waals surface area contributed by atoms with Gasteiger partial charge in [-0.1, -0.05) is 11.8 Å². The molecule has 4 heterocycles. The lowest BCUT2D eigenvalue weighted by atomic mass is 9.97. The van der Waals surface area contributed by atoms with E-state index in [1.165, 1.54) is 35.0 Å². The molecule has 0 radical (unpaired) electrons. The lowest BCUT2D eigenvalue weighted by molar-refractivity contribution is -0.113. The number of rotatable bonds is 6. The number of hydrogen-bond donors (Lipinski definition) is 1. The van der Waals surface area contributed by atoms with E-state index >= 15 is 0 Å². The number of amides is 1. The van der Waals surface area contributed by atoms with Crippen LogP contribution >= 0.6 is 23.1 Å². The van der Waals surface area contributed by atoms with Gasteiger partial charge >= 0.3 is 0 Å². The van der Waals surface area contributed by atoms with Crippen LogP contribution in [0.5, 0.6) is 5.75 Å². The molecule has 1 aliphatic rings. The summed E-state index contributed by atoms with van der Waals surface area (Å²) in [6, 6.07) is 7.36. The van der Waals surface area contributed by atoms with Crippen molar-refractivity contribution >= 4 is 56.3 Å². The highest BCUT2D eigenvalue weighted by molar-refractivity contribution is 7.99. The second-order valence-electron chi connectivity index (χ2n) is 7.80.